The third kappa shape index (κ3) is 3.30. The number of hydrogen-bond acceptors (Lipinski definition) is 6. The molecule has 0 aliphatic rings. The standard InChI is InChI=1S/C16H17N7O2/c1-9-7-10(2)23-16(18-9)20-13(21-23)14(24)19-11-5-6-17-12(8-11)15(25)22(3)4/h5-8H,1-4H3,(H,17,19,24). The minimum absolute atomic E-state index is 0.00139. The zero-order chi connectivity index (χ0) is 18.1. The molecule has 0 radical (unpaired) electrons. The maximum absolute atomic E-state index is 12.4. The first-order valence-electron chi connectivity index (χ1n) is 7.55. The monoisotopic (exact) mass is 339 g/mol. The fourth-order valence-corrected chi connectivity index (χ4v) is 2.30. The van der Waals surface area contributed by atoms with Crippen LogP contribution in [0.15, 0.2) is 24.4 Å². The second-order valence-electron chi connectivity index (χ2n) is 5.77. The molecule has 0 fully saturated rings. The quantitative estimate of drug-likeness (QED) is 0.766. The zero-order valence-electron chi connectivity index (χ0n) is 14.3. The lowest BCUT2D eigenvalue weighted by molar-refractivity contribution is 0.0821. The number of fused-ring (bicyclic) bond motifs is 1. The number of rotatable bonds is 3. The third-order valence-electron chi connectivity index (χ3n) is 3.46. The maximum atomic E-state index is 12.4. The molecule has 0 aliphatic heterocycles. The summed E-state index contributed by atoms with van der Waals surface area (Å²) in [7, 11) is 3.26. The lowest BCUT2D eigenvalue weighted by Crippen LogP contribution is -2.23. The number of anilines is 1. The molecule has 3 rings (SSSR count). The van der Waals surface area contributed by atoms with Gasteiger partial charge in [0.05, 0.1) is 0 Å². The van der Waals surface area contributed by atoms with Gasteiger partial charge in [-0.3, -0.25) is 14.6 Å². The fraction of sp³-hybridized carbons (Fsp3) is 0.250. The summed E-state index contributed by atoms with van der Waals surface area (Å²) in [5.74, 6) is -0.381. The highest BCUT2D eigenvalue weighted by atomic mass is 16.2. The number of carbonyl (C=O) groups is 2. The van der Waals surface area contributed by atoms with Crippen molar-refractivity contribution < 1.29 is 9.59 Å². The van der Waals surface area contributed by atoms with Crippen molar-refractivity contribution in [2.45, 2.75) is 13.8 Å². The van der Waals surface area contributed by atoms with Crippen LogP contribution in [0.1, 0.15) is 32.5 Å². The summed E-state index contributed by atoms with van der Waals surface area (Å²) in [4.78, 5) is 38.2. The molecule has 0 spiro atoms. The normalized spacial score (nSPS) is 10.7. The molecule has 2 amide bonds. The van der Waals surface area contributed by atoms with Crippen LogP contribution in [0.25, 0.3) is 5.78 Å². The van der Waals surface area contributed by atoms with Crippen molar-refractivity contribution in [1.29, 1.82) is 0 Å². The van der Waals surface area contributed by atoms with Gasteiger partial charge in [0.25, 0.3) is 17.6 Å². The Morgan fingerprint density at radius 2 is 1.92 bits per heavy atom. The highest BCUT2D eigenvalue weighted by Crippen LogP contribution is 2.11. The molecule has 0 saturated carbocycles. The van der Waals surface area contributed by atoms with E-state index in [1.807, 2.05) is 19.9 Å². The fourth-order valence-electron chi connectivity index (χ4n) is 2.30. The number of carbonyl (C=O) groups excluding carboxylic acids is 2. The molecule has 0 saturated heterocycles. The molecule has 9 nitrogen and oxygen atoms in total. The van der Waals surface area contributed by atoms with Crippen molar-refractivity contribution in [3.05, 3.63) is 47.3 Å². The molecular weight excluding hydrogens is 322 g/mol. The zero-order valence-corrected chi connectivity index (χ0v) is 14.3. The lowest BCUT2D eigenvalue weighted by Gasteiger charge is -2.10. The van der Waals surface area contributed by atoms with Gasteiger partial charge < -0.3 is 10.2 Å². The van der Waals surface area contributed by atoms with E-state index in [2.05, 4.69) is 25.4 Å². The van der Waals surface area contributed by atoms with Crippen molar-refractivity contribution in [2.75, 3.05) is 19.4 Å². The second kappa shape index (κ2) is 6.27. The van der Waals surface area contributed by atoms with Crippen molar-refractivity contribution in [1.82, 2.24) is 29.5 Å². The Labute approximate surface area is 143 Å². The Bertz CT molecular complexity index is 978. The number of amides is 2. The topological polar surface area (TPSA) is 105 Å². The molecular formula is C16H17N7O2. The molecule has 3 aromatic rings. The SMILES string of the molecule is Cc1cc(C)n2nc(C(=O)Nc3ccnc(C(=O)N(C)C)c3)nc2n1. The van der Waals surface area contributed by atoms with Gasteiger partial charge in [-0.05, 0) is 32.0 Å². The van der Waals surface area contributed by atoms with E-state index >= 15 is 0 Å². The van der Waals surface area contributed by atoms with Crippen molar-refractivity contribution in [3.63, 3.8) is 0 Å². The number of aromatic nitrogens is 5. The number of hydrogen-bond donors (Lipinski definition) is 1. The first-order chi connectivity index (χ1) is 11.8. The first kappa shape index (κ1) is 16.5. The van der Waals surface area contributed by atoms with Gasteiger partial charge in [0.1, 0.15) is 5.69 Å². The smallest absolute Gasteiger partial charge is 0.295 e. The van der Waals surface area contributed by atoms with Gasteiger partial charge in [0.2, 0.25) is 5.82 Å². The van der Waals surface area contributed by atoms with Crippen LogP contribution in [0, 0.1) is 13.8 Å². The predicted octanol–water partition coefficient (Wildman–Crippen LogP) is 1.09. The van der Waals surface area contributed by atoms with Gasteiger partial charge in [-0.1, -0.05) is 0 Å². The molecule has 9 heteroatoms. The number of pyridine rings is 1. The summed E-state index contributed by atoms with van der Waals surface area (Å²) in [6.45, 7) is 3.71. The molecule has 3 heterocycles. The van der Waals surface area contributed by atoms with Gasteiger partial charge in [-0.15, -0.1) is 5.10 Å². The van der Waals surface area contributed by atoms with Crippen molar-refractivity contribution in [2.24, 2.45) is 0 Å². The van der Waals surface area contributed by atoms with Crippen LogP contribution in [0.3, 0.4) is 0 Å². The Morgan fingerprint density at radius 3 is 2.64 bits per heavy atom. The van der Waals surface area contributed by atoms with E-state index in [4.69, 9.17) is 0 Å². The van der Waals surface area contributed by atoms with Crippen LogP contribution >= 0.6 is 0 Å². The summed E-state index contributed by atoms with van der Waals surface area (Å²) < 4.78 is 1.51. The molecule has 3 aromatic heterocycles. The van der Waals surface area contributed by atoms with Crippen LogP contribution in [0.5, 0.6) is 0 Å². The van der Waals surface area contributed by atoms with E-state index in [9.17, 15) is 9.59 Å². The van der Waals surface area contributed by atoms with E-state index in [0.717, 1.165) is 11.4 Å². The lowest BCUT2D eigenvalue weighted by atomic mass is 10.3. The van der Waals surface area contributed by atoms with Gasteiger partial charge in [-0.2, -0.15) is 4.98 Å². The third-order valence-corrected chi connectivity index (χ3v) is 3.46. The summed E-state index contributed by atoms with van der Waals surface area (Å²) in [6, 6.07) is 4.95. The summed E-state index contributed by atoms with van der Waals surface area (Å²) in [6.07, 6.45) is 1.46. The van der Waals surface area contributed by atoms with Gasteiger partial charge in [0.15, 0.2) is 0 Å². The maximum Gasteiger partial charge on any atom is 0.295 e. The number of nitrogens with zero attached hydrogens (tertiary/aromatic N) is 6. The highest BCUT2D eigenvalue weighted by molar-refractivity contribution is 6.02. The Kier molecular flexibility index (Phi) is 4.14. The average molecular weight is 339 g/mol. The summed E-state index contributed by atoms with van der Waals surface area (Å²) >= 11 is 0. The highest BCUT2D eigenvalue weighted by Gasteiger charge is 2.16. The van der Waals surface area contributed by atoms with E-state index in [1.165, 1.54) is 21.7 Å². The molecule has 0 atom stereocenters. The second-order valence-corrected chi connectivity index (χ2v) is 5.77. The van der Waals surface area contributed by atoms with Gasteiger partial charge in [0, 0.05) is 37.4 Å². The minimum atomic E-state index is -0.489. The molecule has 0 aromatic carbocycles. The summed E-state index contributed by atoms with van der Waals surface area (Å²) in [5, 5.41) is 6.85. The first-order valence-corrected chi connectivity index (χ1v) is 7.55. The van der Waals surface area contributed by atoms with Crippen LogP contribution in [-0.2, 0) is 0 Å². The number of aryl methyl sites for hydroxylation is 2. The van der Waals surface area contributed by atoms with Crippen LogP contribution in [0.4, 0.5) is 5.69 Å². The van der Waals surface area contributed by atoms with Gasteiger partial charge in [-0.25, -0.2) is 9.50 Å². The Balaban J connectivity index is 1.86. The van der Waals surface area contributed by atoms with E-state index in [0.29, 0.717) is 11.5 Å². The van der Waals surface area contributed by atoms with E-state index < -0.39 is 5.91 Å². The summed E-state index contributed by atoms with van der Waals surface area (Å²) in [5.41, 5.74) is 2.30. The minimum Gasteiger partial charge on any atom is -0.343 e. The Hall–Kier alpha value is -3.36. The Morgan fingerprint density at radius 1 is 1.16 bits per heavy atom. The molecule has 0 aliphatic carbocycles. The van der Waals surface area contributed by atoms with E-state index in [-0.39, 0.29) is 17.4 Å². The molecule has 128 valence electrons. The average Bonchev–Trinajstić information content (AvgIpc) is 2.98. The number of nitrogens with one attached hydrogen (secondary N) is 1. The van der Waals surface area contributed by atoms with Crippen LogP contribution in [-0.4, -0.2) is 55.4 Å². The molecule has 0 bridgehead atoms. The van der Waals surface area contributed by atoms with E-state index in [1.54, 1.807) is 20.2 Å². The van der Waals surface area contributed by atoms with Crippen molar-refractivity contribution >= 4 is 23.3 Å². The van der Waals surface area contributed by atoms with Crippen LogP contribution in [0.2, 0.25) is 0 Å². The van der Waals surface area contributed by atoms with Crippen molar-refractivity contribution in [3.8, 4) is 0 Å². The largest absolute Gasteiger partial charge is 0.343 e. The predicted molar refractivity (Wildman–Crippen MR) is 90.5 cm³/mol. The molecule has 25 heavy (non-hydrogen) atoms. The molecule has 1 N–H and O–H groups in total. The van der Waals surface area contributed by atoms with Crippen LogP contribution < -0.4 is 5.32 Å². The van der Waals surface area contributed by atoms with Gasteiger partial charge >= 0.3 is 0 Å². The molecule has 0 unspecified atom stereocenters.